The molecule has 0 radical (unpaired) electrons. The second-order valence-electron chi connectivity index (χ2n) is 6.18. The Kier molecular flexibility index (Phi) is 10.4. The molecule has 1 aromatic rings. The molecule has 3 unspecified atom stereocenters. The molecule has 2 N–H and O–H groups in total. The van der Waals surface area contributed by atoms with Crippen molar-refractivity contribution in [2.45, 2.75) is 39.2 Å². The lowest BCUT2D eigenvalue weighted by molar-refractivity contribution is -0.154. The van der Waals surface area contributed by atoms with Crippen LogP contribution in [-0.2, 0) is 35.2 Å². The first kappa shape index (κ1) is 23.7. The van der Waals surface area contributed by atoms with Crippen LogP contribution in [0.5, 0.6) is 5.75 Å². The molecule has 28 heavy (non-hydrogen) atoms. The van der Waals surface area contributed by atoms with E-state index in [-0.39, 0.29) is 42.8 Å². The van der Waals surface area contributed by atoms with Gasteiger partial charge < -0.3 is 23.8 Å². The van der Waals surface area contributed by atoms with Gasteiger partial charge in [-0.25, -0.2) is 4.79 Å². The maximum atomic E-state index is 12.2. The molecule has 0 aromatic heterocycles. The molecule has 0 saturated carbocycles. The van der Waals surface area contributed by atoms with Crippen molar-refractivity contribution in [1.82, 2.24) is 0 Å². The number of Topliss-reactive ketones (excluding diaryl/α,β-unsaturated/α-hetero) is 1. The Hall–Kier alpha value is -2.30. The van der Waals surface area contributed by atoms with Crippen LogP contribution in [0.4, 0.5) is 5.69 Å². The average molecular weight is 415 g/mol. The lowest BCUT2D eigenvalue weighted by Crippen LogP contribution is -2.24. The van der Waals surface area contributed by atoms with E-state index < -0.39 is 23.4 Å². The van der Waals surface area contributed by atoms with E-state index in [2.05, 4.69) is 9.50 Å². The number of hydrogen-bond donors (Lipinski definition) is 2. The monoisotopic (exact) mass is 415 g/mol. The molecule has 1 amide bonds. The molecular formula is C18H25NO8S. The molecule has 0 aliphatic rings. The van der Waals surface area contributed by atoms with E-state index in [1.807, 2.05) is 0 Å². The zero-order valence-electron chi connectivity index (χ0n) is 16.0. The summed E-state index contributed by atoms with van der Waals surface area (Å²) in [7, 11) is 1.40. The molecule has 0 aliphatic heterocycles. The molecule has 0 saturated heterocycles. The third kappa shape index (κ3) is 9.58. The standard InChI is InChI=1S/C18H25NO8S/c1-12(20)10-14(8-9-26-18(22)13(2)25-3)11-17(21)19-15-4-6-16(7-5-15)27-28(23)24/h4-7,13-14H,8-11H2,1-3H3,(H,19,21)(H,23,24). The van der Waals surface area contributed by atoms with Gasteiger partial charge in [0, 0.05) is 25.6 Å². The Morgan fingerprint density at radius 2 is 1.82 bits per heavy atom. The van der Waals surface area contributed by atoms with Crippen LogP contribution in [0.2, 0.25) is 0 Å². The third-order valence-electron chi connectivity index (χ3n) is 3.81. The number of ketones is 1. The summed E-state index contributed by atoms with van der Waals surface area (Å²) in [5.74, 6) is -0.960. The summed E-state index contributed by atoms with van der Waals surface area (Å²) in [6.07, 6.45) is -0.0372. The number of methoxy groups -OCH3 is 1. The van der Waals surface area contributed by atoms with Gasteiger partial charge in [0.1, 0.15) is 11.5 Å². The topological polar surface area (TPSA) is 128 Å². The smallest absolute Gasteiger partial charge is 0.357 e. The summed E-state index contributed by atoms with van der Waals surface area (Å²) >= 11 is -2.42. The summed E-state index contributed by atoms with van der Waals surface area (Å²) in [5.41, 5.74) is 0.475. The van der Waals surface area contributed by atoms with Gasteiger partial charge in [-0.15, -0.1) is 0 Å². The second kappa shape index (κ2) is 12.2. The fraction of sp³-hybridized carbons (Fsp3) is 0.500. The first-order valence-corrected chi connectivity index (χ1v) is 9.62. The maximum absolute atomic E-state index is 12.2. The normalized spacial score (nSPS) is 13.9. The van der Waals surface area contributed by atoms with Crippen LogP contribution in [0, 0.1) is 5.92 Å². The van der Waals surface area contributed by atoms with Crippen molar-refractivity contribution >= 4 is 34.7 Å². The highest BCUT2D eigenvalue weighted by molar-refractivity contribution is 7.74. The highest BCUT2D eigenvalue weighted by atomic mass is 32.2. The summed E-state index contributed by atoms with van der Waals surface area (Å²) < 4.78 is 33.8. The lowest BCUT2D eigenvalue weighted by atomic mass is 9.95. The number of carbonyl (C=O) groups excluding carboxylic acids is 3. The van der Waals surface area contributed by atoms with Crippen molar-refractivity contribution in [3.63, 3.8) is 0 Å². The lowest BCUT2D eigenvalue weighted by Gasteiger charge is -2.16. The van der Waals surface area contributed by atoms with Crippen molar-refractivity contribution < 1.29 is 36.8 Å². The van der Waals surface area contributed by atoms with E-state index in [1.54, 1.807) is 6.92 Å². The molecule has 0 bridgehead atoms. The number of benzene rings is 1. The van der Waals surface area contributed by atoms with Crippen LogP contribution < -0.4 is 9.50 Å². The molecule has 0 spiro atoms. The molecule has 9 nitrogen and oxygen atoms in total. The van der Waals surface area contributed by atoms with E-state index >= 15 is 0 Å². The summed E-state index contributed by atoms with van der Waals surface area (Å²) in [6.45, 7) is 3.09. The van der Waals surface area contributed by atoms with Crippen LogP contribution in [0.1, 0.15) is 33.1 Å². The fourth-order valence-corrected chi connectivity index (χ4v) is 2.65. The number of amides is 1. The molecule has 0 fully saturated rings. The Balaban J connectivity index is 2.55. The number of carbonyl (C=O) groups is 3. The van der Waals surface area contributed by atoms with Crippen LogP contribution in [0.15, 0.2) is 24.3 Å². The molecule has 10 heteroatoms. The predicted molar refractivity (Wildman–Crippen MR) is 102 cm³/mol. The van der Waals surface area contributed by atoms with Crippen molar-refractivity contribution in [3.8, 4) is 5.75 Å². The SMILES string of the molecule is COC(C)C(=O)OCCC(CC(C)=O)CC(=O)Nc1ccc(OS(=O)O)cc1. The first-order valence-electron chi connectivity index (χ1n) is 8.59. The minimum absolute atomic E-state index is 0.0621. The Morgan fingerprint density at radius 3 is 2.36 bits per heavy atom. The number of hydrogen-bond acceptors (Lipinski definition) is 7. The Labute approximate surface area is 166 Å². The zero-order valence-corrected chi connectivity index (χ0v) is 16.8. The zero-order chi connectivity index (χ0) is 21.1. The number of nitrogens with one attached hydrogen (secondary N) is 1. The van der Waals surface area contributed by atoms with Gasteiger partial charge in [0.2, 0.25) is 5.91 Å². The summed E-state index contributed by atoms with van der Waals surface area (Å²) in [6, 6.07) is 5.92. The maximum Gasteiger partial charge on any atom is 0.357 e. The van der Waals surface area contributed by atoms with Gasteiger partial charge in [-0.05, 0) is 50.5 Å². The van der Waals surface area contributed by atoms with Gasteiger partial charge in [0.05, 0.1) is 6.61 Å². The van der Waals surface area contributed by atoms with Crippen LogP contribution in [-0.4, -0.2) is 46.2 Å². The second-order valence-corrected chi connectivity index (χ2v) is 6.78. The molecule has 156 valence electrons. The van der Waals surface area contributed by atoms with E-state index in [4.69, 9.17) is 14.0 Å². The van der Waals surface area contributed by atoms with E-state index in [0.717, 1.165) is 0 Å². The predicted octanol–water partition coefficient (Wildman–Crippen LogP) is 2.09. The summed E-state index contributed by atoms with van der Waals surface area (Å²) in [5, 5.41) is 2.68. The van der Waals surface area contributed by atoms with Gasteiger partial charge in [-0.3, -0.25) is 9.35 Å². The molecular weight excluding hydrogens is 390 g/mol. The quantitative estimate of drug-likeness (QED) is 0.392. The van der Waals surface area contributed by atoms with Crippen molar-refractivity contribution in [2.24, 2.45) is 5.92 Å². The summed E-state index contributed by atoms with van der Waals surface area (Å²) in [4.78, 5) is 35.3. The Morgan fingerprint density at radius 1 is 1.18 bits per heavy atom. The van der Waals surface area contributed by atoms with Crippen LogP contribution in [0.25, 0.3) is 0 Å². The van der Waals surface area contributed by atoms with Gasteiger partial charge in [0.15, 0.2) is 6.10 Å². The minimum atomic E-state index is -2.42. The third-order valence-corrected chi connectivity index (χ3v) is 4.15. The highest BCUT2D eigenvalue weighted by Crippen LogP contribution is 2.19. The van der Waals surface area contributed by atoms with Crippen molar-refractivity contribution in [3.05, 3.63) is 24.3 Å². The van der Waals surface area contributed by atoms with Gasteiger partial charge in [0.25, 0.3) is 0 Å². The average Bonchev–Trinajstić information content (AvgIpc) is 2.61. The van der Waals surface area contributed by atoms with E-state index in [9.17, 15) is 18.6 Å². The first-order chi connectivity index (χ1) is 13.2. The van der Waals surface area contributed by atoms with E-state index in [0.29, 0.717) is 12.1 Å². The number of anilines is 1. The van der Waals surface area contributed by atoms with Crippen LogP contribution in [0.3, 0.4) is 0 Å². The molecule has 1 rings (SSSR count). The van der Waals surface area contributed by atoms with Gasteiger partial charge >= 0.3 is 17.3 Å². The van der Waals surface area contributed by atoms with Crippen molar-refractivity contribution in [1.29, 1.82) is 0 Å². The molecule has 0 aliphatic carbocycles. The van der Waals surface area contributed by atoms with Gasteiger partial charge in [-0.1, -0.05) is 0 Å². The molecule has 0 heterocycles. The molecule has 3 atom stereocenters. The molecule has 1 aromatic carbocycles. The number of rotatable bonds is 12. The number of ether oxygens (including phenoxy) is 2. The van der Waals surface area contributed by atoms with Crippen LogP contribution >= 0.6 is 0 Å². The fourth-order valence-electron chi connectivity index (χ4n) is 2.37. The minimum Gasteiger partial charge on any atom is -0.464 e. The number of esters is 1. The van der Waals surface area contributed by atoms with E-state index in [1.165, 1.54) is 38.3 Å². The largest absolute Gasteiger partial charge is 0.464 e. The van der Waals surface area contributed by atoms with Crippen molar-refractivity contribution in [2.75, 3.05) is 19.0 Å². The highest BCUT2D eigenvalue weighted by Gasteiger charge is 2.19. The Bertz CT molecular complexity index is 691. The van der Waals surface area contributed by atoms with Gasteiger partial charge in [-0.2, -0.15) is 4.21 Å².